The Labute approximate surface area is 98.0 Å². The summed E-state index contributed by atoms with van der Waals surface area (Å²) in [6.45, 7) is 1.44. The first-order valence-electron chi connectivity index (χ1n) is 5.62. The molecule has 1 atom stereocenters. The average molecular weight is 231 g/mol. The summed E-state index contributed by atoms with van der Waals surface area (Å²) in [4.78, 5) is 15.8. The van der Waals surface area contributed by atoms with Crippen LogP contribution in [-0.2, 0) is 4.79 Å². The summed E-state index contributed by atoms with van der Waals surface area (Å²) < 4.78 is 1.72. The zero-order valence-electron chi connectivity index (χ0n) is 9.26. The number of aromatic nitrogens is 3. The third kappa shape index (κ3) is 1.99. The van der Waals surface area contributed by atoms with Crippen LogP contribution in [0.25, 0.3) is 5.65 Å². The van der Waals surface area contributed by atoms with Gasteiger partial charge in [-0.25, -0.2) is 9.50 Å². The first-order valence-corrected chi connectivity index (χ1v) is 5.62. The predicted molar refractivity (Wildman–Crippen MR) is 61.4 cm³/mol. The second-order valence-electron chi connectivity index (χ2n) is 4.08. The largest absolute Gasteiger partial charge is 0.355 e. The molecule has 0 radical (unpaired) electrons. The van der Waals surface area contributed by atoms with E-state index < -0.39 is 0 Å². The van der Waals surface area contributed by atoms with E-state index in [2.05, 4.69) is 20.7 Å². The molecule has 1 aliphatic rings. The highest BCUT2D eigenvalue weighted by atomic mass is 16.1. The summed E-state index contributed by atoms with van der Waals surface area (Å²) in [5, 5.41) is 10.3. The van der Waals surface area contributed by atoms with Crippen LogP contribution in [0, 0.1) is 0 Å². The van der Waals surface area contributed by atoms with Crippen molar-refractivity contribution in [3.63, 3.8) is 0 Å². The Morgan fingerprint density at radius 3 is 3.29 bits per heavy atom. The van der Waals surface area contributed by atoms with Gasteiger partial charge in [0, 0.05) is 49.6 Å². The minimum atomic E-state index is 0.0126. The van der Waals surface area contributed by atoms with Crippen LogP contribution in [0.15, 0.2) is 24.7 Å². The Balaban J connectivity index is 1.93. The average Bonchev–Trinajstić information content (AvgIpc) is 2.69. The van der Waals surface area contributed by atoms with E-state index in [9.17, 15) is 4.79 Å². The van der Waals surface area contributed by atoms with Gasteiger partial charge in [0.25, 0.3) is 0 Å². The minimum absolute atomic E-state index is 0.0126. The van der Waals surface area contributed by atoms with E-state index in [1.165, 1.54) is 0 Å². The van der Waals surface area contributed by atoms with Gasteiger partial charge in [-0.2, -0.15) is 5.10 Å². The van der Waals surface area contributed by atoms with Crippen LogP contribution >= 0.6 is 0 Å². The van der Waals surface area contributed by atoms with E-state index in [1.807, 2.05) is 12.3 Å². The highest BCUT2D eigenvalue weighted by Gasteiger charge is 2.19. The van der Waals surface area contributed by atoms with Crippen LogP contribution < -0.4 is 10.6 Å². The van der Waals surface area contributed by atoms with E-state index in [4.69, 9.17) is 0 Å². The van der Waals surface area contributed by atoms with Crippen molar-refractivity contribution in [1.29, 1.82) is 0 Å². The van der Waals surface area contributed by atoms with Gasteiger partial charge in [-0.05, 0) is 0 Å². The molecule has 17 heavy (non-hydrogen) atoms. The molecule has 6 nitrogen and oxygen atoms in total. The standard InChI is InChI=1S/C11H13N5O/c17-11-5-9(12-3-4-13-11)8-6-14-10-1-2-15-16(10)7-8/h1-2,6-7,9,12H,3-5H2,(H,13,17). The molecule has 2 aromatic rings. The summed E-state index contributed by atoms with van der Waals surface area (Å²) >= 11 is 0. The molecule has 0 bridgehead atoms. The molecule has 6 heteroatoms. The molecule has 0 spiro atoms. The van der Waals surface area contributed by atoms with Crippen LogP contribution in [0.5, 0.6) is 0 Å². The lowest BCUT2D eigenvalue weighted by atomic mass is 10.1. The first-order chi connectivity index (χ1) is 8.33. The van der Waals surface area contributed by atoms with Gasteiger partial charge in [-0.3, -0.25) is 4.79 Å². The Morgan fingerprint density at radius 1 is 1.41 bits per heavy atom. The SMILES string of the molecule is O=C1CC(c2cnc3ccnn3c2)NCCN1. The summed E-state index contributed by atoms with van der Waals surface area (Å²) in [6.07, 6.45) is 5.86. The van der Waals surface area contributed by atoms with Crippen LogP contribution in [0.2, 0.25) is 0 Å². The Morgan fingerprint density at radius 2 is 2.35 bits per heavy atom. The fraction of sp³-hybridized carbons (Fsp3) is 0.364. The number of nitrogens with one attached hydrogen (secondary N) is 2. The van der Waals surface area contributed by atoms with Gasteiger partial charge in [0.15, 0.2) is 5.65 Å². The lowest BCUT2D eigenvalue weighted by Gasteiger charge is -2.14. The second-order valence-corrected chi connectivity index (χ2v) is 4.08. The third-order valence-electron chi connectivity index (χ3n) is 2.90. The normalized spacial score (nSPS) is 21.2. The molecule has 0 saturated carbocycles. The maximum atomic E-state index is 11.5. The summed E-state index contributed by atoms with van der Waals surface area (Å²) in [5.41, 5.74) is 1.80. The maximum absolute atomic E-state index is 11.5. The van der Waals surface area contributed by atoms with Crippen LogP contribution in [-0.4, -0.2) is 33.6 Å². The highest BCUT2D eigenvalue weighted by Crippen LogP contribution is 2.17. The summed E-state index contributed by atoms with van der Waals surface area (Å²) in [6, 6.07) is 1.86. The van der Waals surface area contributed by atoms with E-state index in [0.29, 0.717) is 13.0 Å². The molecule has 2 aromatic heterocycles. The fourth-order valence-electron chi connectivity index (χ4n) is 2.02. The zero-order chi connectivity index (χ0) is 11.7. The molecule has 1 aliphatic heterocycles. The van der Waals surface area contributed by atoms with E-state index in [1.54, 1.807) is 16.9 Å². The van der Waals surface area contributed by atoms with Gasteiger partial charge in [-0.1, -0.05) is 0 Å². The molecule has 1 saturated heterocycles. The van der Waals surface area contributed by atoms with Gasteiger partial charge >= 0.3 is 0 Å². The van der Waals surface area contributed by atoms with Crippen molar-refractivity contribution in [1.82, 2.24) is 25.2 Å². The van der Waals surface area contributed by atoms with E-state index in [-0.39, 0.29) is 11.9 Å². The lowest BCUT2D eigenvalue weighted by molar-refractivity contribution is -0.121. The quantitative estimate of drug-likeness (QED) is 0.717. The summed E-state index contributed by atoms with van der Waals surface area (Å²) in [7, 11) is 0. The molecule has 2 N–H and O–H groups in total. The van der Waals surface area contributed by atoms with Crippen molar-refractivity contribution >= 4 is 11.6 Å². The Kier molecular flexibility index (Phi) is 2.49. The number of hydrogen-bond donors (Lipinski definition) is 2. The summed E-state index contributed by atoms with van der Waals surface area (Å²) in [5.74, 6) is 0.0700. The molecular weight excluding hydrogens is 218 g/mol. The number of hydrogen-bond acceptors (Lipinski definition) is 4. The number of nitrogens with zero attached hydrogens (tertiary/aromatic N) is 3. The van der Waals surface area contributed by atoms with Crippen molar-refractivity contribution in [2.45, 2.75) is 12.5 Å². The van der Waals surface area contributed by atoms with Crippen molar-refractivity contribution in [2.75, 3.05) is 13.1 Å². The monoisotopic (exact) mass is 231 g/mol. The zero-order valence-corrected chi connectivity index (χ0v) is 9.26. The number of carbonyl (C=O) groups is 1. The van der Waals surface area contributed by atoms with Crippen molar-refractivity contribution in [3.8, 4) is 0 Å². The molecule has 1 fully saturated rings. The van der Waals surface area contributed by atoms with E-state index in [0.717, 1.165) is 17.8 Å². The fourth-order valence-corrected chi connectivity index (χ4v) is 2.02. The highest BCUT2D eigenvalue weighted by molar-refractivity contribution is 5.77. The third-order valence-corrected chi connectivity index (χ3v) is 2.90. The predicted octanol–water partition coefficient (Wildman–Crippen LogP) is -0.120. The Bertz CT molecular complexity index is 550. The van der Waals surface area contributed by atoms with Gasteiger partial charge in [0.1, 0.15) is 0 Å². The Hall–Kier alpha value is -1.95. The van der Waals surface area contributed by atoms with Gasteiger partial charge in [0.2, 0.25) is 5.91 Å². The first kappa shape index (κ1) is 10.2. The van der Waals surface area contributed by atoms with Crippen molar-refractivity contribution in [3.05, 3.63) is 30.2 Å². The number of amides is 1. The topological polar surface area (TPSA) is 71.3 Å². The number of rotatable bonds is 1. The molecule has 1 amide bonds. The molecule has 3 rings (SSSR count). The smallest absolute Gasteiger partial charge is 0.221 e. The van der Waals surface area contributed by atoms with E-state index >= 15 is 0 Å². The molecule has 0 aliphatic carbocycles. The van der Waals surface area contributed by atoms with Crippen LogP contribution in [0.4, 0.5) is 0 Å². The number of carbonyl (C=O) groups excluding carboxylic acids is 1. The molecular formula is C11H13N5O. The van der Waals surface area contributed by atoms with Gasteiger partial charge in [0.05, 0.1) is 6.20 Å². The van der Waals surface area contributed by atoms with Gasteiger partial charge < -0.3 is 10.6 Å². The minimum Gasteiger partial charge on any atom is -0.355 e. The number of fused-ring (bicyclic) bond motifs is 1. The van der Waals surface area contributed by atoms with Crippen molar-refractivity contribution < 1.29 is 4.79 Å². The molecule has 0 aromatic carbocycles. The molecule has 88 valence electrons. The molecule has 1 unspecified atom stereocenters. The second kappa shape index (κ2) is 4.14. The molecule has 3 heterocycles. The van der Waals surface area contributed by atoms with Crippen LogP contribution in [0.1, 0.15) is 18.0 Å². The van der Waals surface area contributed by atoms with Crippen LogP contribution in [0.3, 0.4) is 0 Å². The lowest BCUT2D eigenvalue weighted by Crippen LogP contribution is -2.24. The van der Waals surface area contributed by atoms with Gasteiger partial charge in [-0.15, -0.1) is 0 Å². The van der Waals surface area contributed by atoms with Crippen molar-refractivity contribution in [2.24, 2.45) is 0 Å². The maximum Gasteiger partial charge on any atom is 0.221 e.